The Morgan fingerprint density at radius 1 is 0.921 bits per heavy atom. The second-order valence-electron chi connectivity index (χ2n) is 19.4. The maximum Gasteiger partial charge on any atom is 0.461 e. The van der Waals surface area contributed by atoms with Gasteiger partial charge in [0.15, 0.2) is 11.6 Å². The molecule has 0 spiro atoms. The highest BCUT2D eigenvalue weighted by Crippen LogP contribution is 2.66. The summed E-state index contributed by atoms with van der Waals surface area (Å²) in [4.78, 5) is 71.6. The number of nitrogens with zero attached hydrogens (tertiary/aromatic N) is 1. The van der Waals surface area contributed by atoms with Crippen molar-refractivity contribution in [2.45, 2.75) is 129 Å². The van der Waals surface area contributed by atoms with E-state index < -0.39 is 42.5 Å². The first-order valence-corrected chi connectivity index (χ1v) is 23.0. The van der Waals surface area contributed by atoms with Gasteiger partial charge < -0.3 is 51.0 Å². The Morgan fingerprint density at radius 2 is 1.59 bits per heavy atom. The minimum absolute atomic E-state index is 0.0192. The molecule has 2 aliphatic heterocycles. The van der Waals surface area contributed by atoms with Crippen molar-refractivity contribution < 1.29 is 42.8 Å². The number of hydrogen-bond acceptors (Lipinski definition) is 12. The zero-order valence-corrected chi connectivity index (χ0v) is 38.4. The number of ketones is 3. The number of likely N-dealkylation sites (N-methyl/N-ethyl adjacent to an activating group) is 1. The molecule has 3 aliphatic carbocycles. The van der Waals surface area contributed by atoms with E-state index in [1.165, 1.54) is 11.8 Å². The van der Waals surface area contributed by atoms with Gasteiger partial charge in [0, 0.05) is 62.4 Å². The smallest absolute Gasteiger partial charge is 0.461 e. The second kappa shape index (κ2) is 20.4. The third kappa shape index (κ3) is 10.4. The van der Waals surface area contributed by atoms with Crippen molar-refractivity contribution in [1.82, 2.24) is 10.2 Å². The van der Waals surface area contributed by atoms with Crippen LogP contribution in [0.4, 0.5) is 0 Å². The van der Waals surface area contributed by atoms with Crippen LogP contribution in [-0.2, 0) is 39.7 Å². The van der Waals surface area contributed by atoms with Crippen LogP contribution < -0.4 is 32.0 Å². The number of carbonyl (C=O) groups is 5. The van der Waals surface area contributed by atoms with Crippen LogP contribution in [-0.4, -0.2) is 98.8 Å². The fourth-order valence-corrected chi connectivity index (χ4v) is 10.7. The van der Waals surface area contributed by atoms with E-state index >= 15 is 0 Å². The van der Waals surface area contributed by atoms with E-state index in [0.29, 0.717) is 65.8 Å². The fourth-order valence-electron chi connectivity index (χ4n) is 10.7. The molecule has 9 atom stereocenters. The van der Waals surface area contributed by atoms with Crippen LogP contribution in [0.25, 0.3) is 11.1 Å². The Balaban J connectivity index is 1.37. The Kier molecular flexibility index (Phi) is 15.6. The Morgan fingerprint density at radius 3 is 2.22 bits per heavy atom. The van der Waals surface area contributed by atoms with Gasteiger partial charge in [-0.15, -0.1) is 0 Å². The molecule has 2 amide bonds. The van der Waals surface area contributed by atoms with Gasteiger partial charge in [-0.1, -0.05) is 46.2 Å². The van der Waals surface area contributed by atoms with Gasteiger partial charge in [-0.3, -0.25) is 19.2 Å². The van der Waals surface area contributed by atoms with Gasteiger partial charge >= 0.3 is 7.12 Å². The molecule has 0 unspecified atom stereocenters. The van der Waals surface area contributed by atoms with Gasteiger partial charge in [-0.25, -0.2) is 0 Å². The predicted molar refractivity (Wildman–Crippen MR) is 242 cm³/mol. The lowest BCUT2D eigenvalue weighted by molar-refractivity contribution is -0.199. The van der Waals surface area contributed by atoms with Gasteiger partial charge in [0.2, 0.25) is 11.8 Å². The van der Waals surface area contributed by atoms with E-state index in [4.69, 9.17) is 36.0 Å². The summed E-state index contributed by atoms with van der Waals surface area (Å²) in [6.07, 6.45) is 3.81. The summed E-state index contributed by atoms with van der Waals surface area (Å²) in [6.45, 7) is 13.2. The van der Waals surface area contributed by atoms with Crippen molar-refractivity contribution in [2.75, 3.05) is 39.9 Å². The van der Waals surface area contributed by atoms with Gasteiger partial charge in [0.1, 0.15) is 36.5 Å². The minimum atomic E-state index is -1.13. The van der Waals surface area contributed by atoms with Crippen LogP contribution in [0.2, 0.25) is 5.82 Å². The van der Waals surface area contributed by atoms with E-state index in [0.717, 1.165) is 18.4 Å². The zero-order valence-electron chi connectivity index (χ0n) is 38.4. The number of ether oxygens (including phenoxy) is 2. The quantitative estimate of drug-likeness (QED) is 0.116. The van der Waals surface area contributed by atoms with E-state index in [1.807, 2.05) is 25.1 Å². The molecule has 2 heterocycles. The average Bonchev–Trinajstić information content (AvgIpc) is 3.61. The number of rotatable bonds is 18. The molecule has 2 aromatic carbocycles. The molecule has 4 fully saturated rings. The summed E-state index contributed by atoms with van der Waals surface area (Å²) in [5, 5.41) is 3.02. The SMILES string of the molecule is CC(=O)C[C@@H](CCCCN)C(=O)N(C)[C@@H]1C(=O)C[C@@H](C)C(=O)N[C@H](C(=O)C[C@@H](C)B2O[C@@H]3C[C@@H]4C[C@@H](C4(C)C)[C@]3(C)O2)Cc2ccc(OCCN)c(c2)-c2cc1ccc2OCCN. The fraction of sp³-hybridized carbons (Fsp3) is 0.646. The Hall–Kier alpha value is -4.15. The maximum atomic E-state index is 14.7. The normalized spacial score (nSPS) is 27.2. The molecule has 2 aromatic rings. The number of Topliss-reactive ketones (excluding diaryl/α,β-unsaturated/α-hetero) is 3. The van der Waals surface area contributed by atoms with Crippen molar-refractivity contribution in [3.8, 4) is 22.6 Å². The minimum Gasteiger partial charge on any atom is -0.492 e. The highest BCUT2D eigenvalue weighted by atomic mass is 16.7. The summed E-state index contributed by atoms with van der Waals surface area (Å²) in [5.74, 6) is -1.43. The summed E-state index contributed by atoms with van der Waals surface area (Å²) < 4.78 is 25.7. The molecule has 3 saturated carbocycles. The van der Waals surface area contributed by atoms with Crippen molar-refractivity contribution in [1.29, 1.82) is 0 Å². The number of nitrogens with two attached hydrogens (primary N) is 3. The number of fused-ring (bicyclic) bond motifs is 5. The van der Waals surface area contributed by atoms with Crippen molar-refractivity contribution in [3.05, 3.63) is 47.5 Å². The molecule has 1 saturated heterocycles. The van der Waals surface area contributed by atoms with Gasteiger partial charge in [0.05, 0.1) is 17.7 Å². The zero-order chi connectivity index (χ0) is 45.8. The highest BCUT2D eigenvalue weighted by Gasteiger charge is 2.68. The monoisotopic (exact) mass is 872 g/mol. The summed E-state index contributed by atoms with van der Waals surface area (Å²) in [5.41, 5.74) is 19.7. The molecule has 7 rings (SSSR count). The Labute approximate surface area is 373 Å². The lowest BCUT2D eigenvalue weighted by Gasteiger charge is -2.64. The molecular weight excluding hydrogens is 801 g/mol. The van der Waals surface area contributed by atoms with Gasteiger partial charge in [0.25, 0.3) is 0 Å². The number of hydrogen-bond donors (Lipinski definition) is 4. The van der Waals surface area contributed by atoms with Crippen molar-refractivity contribution >= 4 is 36.3 Å². The first kappa shape index (κ1) is 48.3. The van der Waals surface area contributed by atoms with Crippen molar-refractivity contribution in [2.24, 2.45) is 46.3 Å². The van der Waals surface area contributed by atoms with Crippen LogP contribution >= 0.6 is 0 Å². The highest BCUT2D eigenvalue weighted by molar-refractivity contribution is 6.47. The molecule has 14 nitrogen and oxygen atoms in total. The molecule has 6 bridgehead atoms. The topological polar surface area (TPSA) is 216 Å². The third-order valence-corrected chi connectivity index (χ3v) is 14.4. The summed E-state index contributed by atoms with van der Waals surface area (Å²) in [7, 11) is 0.998. The molecule has 15 heteroatoms. The first-order chi connectivity index (χ1) is 29.9. The summed E-state index contributed by atoms with van der Waals surface area (Å²) in [6, 6.07) is 8.79. The standard InChI is InChI=1S/C48H70BN5O9/c1-28-20-39(57)44(54(7)46(59)33(22-30(3)55)10-8-9-15-50)32-12-14-41(61-19-17-52)36(25-32)35-23-31(11-13-40(35)60-18-16-51)24-37(53-45(28)58)38(56)21-29(2)49-62-43-27-34-26-42(47(34,4)5)48(43,6)63-49/h11-14,23,25,28-29,33-34,37,42-44H,8-10,15-22,24,26-27,50-52H2,1-7H3,(H,53,58)/t28-,29-,33-,34+,37+,42+,43-,44+,48+/m1/s1. The number of carbonyl (C=O) groups excluding carboxylic acids is 5. The Bertz CT molecular complexity index is 2010. The molecule has 0 radical (unpaired) electrons. The van der Waals surface area contributed by atoms with Crippen LogP contribution in [0.3, 0.4) is 0 Å². The first-order valence-electron chi connectivity index (χ1n) is 23.0. The predicted octanol–water partition coefficient (Wildman–Crippen LogP) is 4.97. The largest absolute Gasteiger partial charge is 0.492 e. The second-order valence-corrected chi connectivity index (χ2v) is 19.4. The molecule has 0 aromatic heterocycles. The van der Waals surface area contributed by atoms with E-state index in [-0.39, 0.29) is 92.6 Å². The molecule has 344 valence electrons. The van der Waals surface area contributed by atoms with Crippen LogP contribution in [0.1, 0.15) is 110 Å². The lowest BCUT2D eigenvalue weighted by Crippen LogP contribution is -2.65. The number of unbranched alkanes of at least 4 members (excludes halogenated alkanes) is 1. The number of nitrogens with one attached hydrogen (secondary N) is 1. The van der Waals surface area contributed by atoms with E-state index in [1.54, 1.807) is 32.2 Å². The summed E-state index contributed by atoms with van der Waals surface area (Å²) >= 11 is 0. The molecule has 63 heavy (non-hydrogen) atoms. The van der Waals surface area contributed by atoms with Gasteiger partial charge in [-0.05, 0) is 111 Å². The third-order valence-electron chi connectivity index (χ3n) is 14.4. The van der Waals surface area contributed by atoms with Crippen molar-refractivity contribution in [3.63, 3.8) is 0 Å². The number of amides is 2. The molecule has 7 N–H and O–H groups in total. The van der Waals surface area contributed by atoms with Gasteiger partial charge in [-0.2, -0.15) is 0 Å². The molecule has 5 aliphatic rings. The maximum absolute atomic E-state index is 14.7. The van der Waals surface area contributed by atoms with E-state index in [9.17, 15) is 24.0 Å². The van der Waals surface area contributed by atoms with Crippen LogP contribution in [0.5, 0.6) is 11.5 Å². The van der Waals surface area contributed by atoms with Crippen LogP contribution in [0.15, 0.2) is 36.4 Å². The van der Waals surface area contributed by atoms with E-state index in [2.05, 4.69) is 26.1 Å². The average molecular weight is 872 g/mol. The van der Waals surface area contributed by atoms with Crippen LogP contribution in [0, 0.1) is 29.1 Å². The lowest BCUT2D eigenvalue weighted by atomic mass is 9.43. The number of benzene rings is 2. The molecular formula is C48H70BN5O9.